The second kappa shape index (κ2) is 10.3. The van der Waals surface area contributed by atoms with Crippen LogP contribution in [0.15, 0.2) is 0 Å². The molecule has 0 spiro atoms. The van der Waals surface area contributed by atoms with Crippen molar-refractivity contribution in [3.63, 3.8) is 0 Å². The van der Waals surface area contributed by atoms with Gasteiger partial charge in [-0.3, -0.25) is 0 Å². The zero-order valence-corrected chi connectivity index (χ0v) is 10.4. The van der Waals surface area contributed by atoms with Crippen molar-refractivity contribution in [2.45, 2.75) is 26.3 Å². The van der Waals surface area contributed by atoms with E-state index in [9.17, 15) is 0 Å². The van der Waals surface area contributed by atoms with Crippen molar-refractivity contribution in [1.29, 1.82) is 5.26 Å². The minimum atomic E-state index is -0.559. The number of rotatable bonds is 9. The Morgan fingerprint density at radius 1 is 1.27 bits per heavy atom. The Labute approximate surface area is 92.9 Å². The van der Waals surface area contributed by atoms with Crippen LogP contribution in [-0.4, -0.2) is 43.3 Å². The van der Waals surface area contributed by atoms with Crippen LogP contribution in [0.1, 0.15) is 20.3 Å². The molecule has 0 amide bonds. The van der Waals surface area contributed by atoms with Crippen LogP contribution in [0.5, 0.6) is 0 Å². The summed E-state index contributed by atoms with van der Waals surface area (Å²) in [5.74, 6) is 0. The van der Waals surface area contributed by atoms with E-state index in [4.69, 9.17) is 19.8 Å². The fraction of sp³-hybridized carbons (Fsp3) is 0.900. The lowest BCUT2D eigenvalue weighted by Gasteiger charge is -2.26. The first kappa shape index (κ1) is 14.8. The molecule has 4 nitrogen and oxygen atoms in total. The Hall–Kier alpha value is -0.200. The highest BCUT2D eigenvalue weighted by atomic mass is 31.1. The van der Waals surface area contributed by atoms with Gasteiger partial charge < -0.3 is 14.6 Å². The first-order chi connectivity index (χ1) is 7.29. The molecule has 0 aromatic heterocycles. The van der Waals surface area contributed by atoms with Crippen LogP contribution in [0.25, 0.3) is 0 Å². The van der Waals surface area contributed by atoms with Crippen molar-refractivity contribution in [3.8, 4) is 6.07 Å². The second-order valence-electron chi connectivity index (χ2n) is 2.89. The molecule has 0 radical (unpaired) electrons. The molecule has 1 unspecified atom stereocenters. The van der Waals surface area contributed by atoms with Gasteiger partial charge in [-0.05, 0) is 34.1 Å². The van der Waals surface area contributed by atoms with E-state index in [1.54, 1.807) is 0 Å². The molecule has 1 N–H and O–H groups in total. The summed E-state index contributed by atoms with van der Waals surface area (Å²) >= 11 is 0. The van der Waals surface area contributed by atoms with Gasteiger partial charge in [0.05, 0.1) is 6.07 Å². The number of hydrogen-bond donors (Lipinski definition) is 1. The quantitative estimate of drug-likeness (QED) is 0.486. The molecule has 0 aromatic carbocycles. The lowest BCUT2D eigenvalue weighted by molar-refractivity contribution is -0.0785. The molecular weight excluding hydrogens is 213 g/mol. The summed E-state index contributed by atoms with van der Waals surface area (Å²) in [6.45, 7) is 5.17. The molecule has 0 aliphatic rings. The fourth-order valence-corrected chi connectivity index (χ4v) is 3.20. The van der Waals surface area contributed by atoms with E-state index in [1.807, 2.05) is 13.8 Å². The molecule has 5 heteroatoms. The summed E-state index contributed by atoms with van der Waals surface area (Å²) in [6, 6.07) is 1.89. The van der Waals surface area contributed by atoms with Crippen LogP contribution in [0.3, 0.4) is 0 Å². The van der Waals surface area contributed by atoms with Crippen molar-refractivity contribution in [1.82, 2.24) is 0 Å². The predicted octanol–water partition coefficient (Wildman–Crippen LogP) is 1.73. The molecule has 0 heterocycles. The van der Waals surface area contributed by atoms with Gasteiger partial charge in [-0.15, -0.1) is 0 Å². The molecule has 0 rings (SSSR count). The maximum absolute atomic E-state index is 8.94. The van der Waals surface area contributed by atoms with Gasteiger partial charge in [0.1, 0.15) is 0 Å². The van der Waals surface area contributed by atoms with Crippen LogP contribution < -0.4 is 0 Å². The molecule has 0 saturated carbocycles. The third-order valence-corrected chi connectivity index (χ3v) is 4.28. The molecule has 88 valence electrons. The van der Waals surface area contributed by atoms with Gasteiger partial charge in [-0.2, -0.15) is 5.26 Å². The summed E-state index contributed by atoms with van der Waals surface area (Å²) in [6.07, 6.45) is 1.96. The Morgan fingerprint density at radius 2 is 1.87 bits per heavy atom. The minimum absolute atomic E-state index is 0.133. The van der Waals surface area contributed by atoms with Gasteiger partial charge in [-0.25, -0.2) is 0 Å². The molecule has 0 aliphatic heterocycles. The average Bonchev–Trinajstić information content (AvgIpc) is 2.24. The van der Waals surface area contributed by atoms with Crippen LogP contribution >= 0.6 is 7.92 Å². The predicted molar refractivity (Wildman–Crippen MR) is 61.0 cm³/mol. The molecule has 0 bridgehead atoms. The van der Waals surface area contributed by atoms with Crippen molar-refractivity contribution in [3.05, 3.63) is 0 Å². The number of nitriles is 1. The summed E-state index contributed by atoms with van der Waals surface area (Å²) in [4.78, 5) is 0. The monoisotopic (exact) mass is 233 g/mol. The summed E-state index contributed by atoms with van der Waals surface area (Å²) in [7, 11) is -0.559. The minimum Gasteiger partial charge on any atom is -0.396 e. The van der Waals surface area contributed by atoms with Crippen LogP contribution in [0.2, 0.25) is 0 Å². The van der Waals surface area contributed by atoms with E-state index < -0.39 is 7.92 Å². The van der Waals surface area contributed by atoms with E-state index in [1.165, 1.54) is 0 Å². The smallest absolute Gasteiger partial charge is 0.175 e. The van der Waals surface area contributed by atoms with Crippen molar-refractivity contribution in [2.75, 3.05) is 32.1 Å². The zero-order valence-electron chi connectivity index (χ0n) is 9.48. The van der Waals surface area contributed by atoms with Gasteiger partial charge >= 0.3 is 0 Å². The van der Waals surface area contributed by atoms with Gasteiger partial charge in [0.25, 0.3) is 0 Å². The van der Waals surface area contributed by atoms with Gasteiger partial charge in [0, 0.05) is 26.2 Å². The molecule has 15 heavy (non-hydrogen) atoms. The van der Waals surface area contributed by atoms with Crippen molar-refractivity contribution >= 4 is 7.92 Å². The van der Waals surface area contributed by atoms with Gasteiger partial charge in [0.15, 0.2) is 6.03 Å². The second-order valence-corrected chi connectivity index (χ2v) is 5.38. The van der Waals surface area contributed by atoms with Crippen LogP contribution in [0.4, 0.5) is 0 Å². The van der Waals surface area contributed by atoms with Crippen LogP contribution in [-0.2, 0) is 9.47 Å². The lowest BCUT2D eigenvalue weighted by Crippen LogP contribution is -2.19. The number of nitrogens with zero attached hydrogens (tertiary/aromatic N) is 1. The lowest BCUT2D eigenvalue weighted by atomic mass is 10.6. The average molecular weight is 233 g/mol. The SMILES string of the molecule is CCOC(OCC)P(CCO)CCC#N. The topological polar surface area (TPSA) is 62.5 Å². The third kappa shape index (κ3) is 6.81. The molecule has 1 atom stereocenters. The van der Waals surface area contributed by atoms with E-state index >= 15 is 0 Å². The molecule has 0 aliphatic carbocycles. The number of hydrogen-bond acceptors (Lipinski definition) is 4. The Morgan fingerprint density at radius 3 is 2.27 bits per heavy atom. The zero-order chi connectivity index (χ0) is 11.5. The normalized spacial score (nSPS) is 12.7. The van der Waals surface area contributed by atoms with E-state index in [2.05, 4.69) is 6.07 Å². The highest BCUT2D eigenvalue weighted by molar-refractivity contribution is 7.58. The van der Waals surface area contributed by atoms with Crippen molar-refractivity contribution in [2.24, 2.45) is 0 Å². The maximum atomic E-state index is 8.94. The van der Waals surface area contributed by atoms with Gasteiger partial charge in [-0.1, -0.05) is 0 Å². The largest absolute Gasteiger partial charge is 0.396 e. The Bertz CT molecular complexity index is 178. The number of ether oxygens (including phenoxy) is 2. The number of aliphatic hydroxyl groups is 1. The van der Waals surface area contributed by atoms with Crippen LogP contribution in [0, 0.1) is 11.3 Å². The van der Waals surface area contributed by atoms with E-state index in [0.717, 1.165) is 6.16 Å². The standard InChI is InChI=1S/C10H20NO3P/c1-3-13-10(14-4-2)15(9-7-12)8-5-6-11/h10,12H,3-5,7-9H2,1-2H3. The first-order valence-corrected chi connectivity index (χ1v) is 7.03. The number of aliphatic hydroxyl groups excluding tert-OH is 1. The van der Waals surface area contributed by atoms with E-state index in [-0.39, 0.29) is 12.6 Å². The highest BCUT2D eigenvalue weighted by Crippen LogP contribution is 2.42. The summed E-state index contributed by atoms with van der Waals surface area (Å²) < 4.78 is 11.0. The highest BCUT2D eigenvalue weighted by Gasteiger charge is 2.20. The maximum Gasteiger partial charge on any atom is 0.175 e. The Kier molecular flexibility index (Phi) is 10.2. The van der Waals surface area contributed by atoms with E-state index in [0.29, 0.717) is 25.8 Å². The first-order valence-electron chi connectivity index (χ1n) is 5.25. The fourth-order valence-electron chi connectivity index (χ4n) is 1.19. The molecule has 0 saturated heterocycles. The Balaban J connectivity index is 4.16. The molecule has 0 aromatic rings. The molecular formula is C10H20NO3P. The summed E-state index contributed by atoms with van der Waals surface area (Å²) in [5, 5.41) is 17.5. The third-order valence-electron chi connectivity index (χ3n) is 1.81. The molecule has 0 fully saturated rings. The van der Waals surface area contributed by atoms with Gasteiger partial charge in [0.2, 0.25) is 0 Å². The van der Waals surface area contributed by atoms with Crippen molar-refractivity contribution < 1.29 is 14.6 Å². The summed E-state index contributed by atoms with van der Waals surface area (Å²) in [5.41, 5.74) is 0.